The second-order valence-electron chi connectivity index (χ2n) is 5.80. The van der Waals surface area contributed by atoms with E-state index in [4.69, 9.17) is 0 Å². The highest BCUT2D eigenvalue weighted by atomic mass is 16.2. The number of amides is 1. The van der Waals surface area contributed by atoms with Crippen LogP contribution in [0.25, 0.3) is 0 Å². The summed E-state index contributed by atoms with van der Waals surface area (Å²) in [4.78, 5) is 14.8. The summed E-state index contributed by atoms with van der Waals surface area (Å²) in [5, 5.41) is 10.2. The van der Waals surface area contributed by atoms with Crippen molar-refractivity contribution in [2.75, 3.05) is 11.9 Å². The van der Waals surface area contributed by atoms with Crippen LogP contribution < -0.4 is 5.32 Å². The van der Waals surface area contributed by atoms with Crippen LogP contribution in [0.3, 0.4) is 0 Å². The number of hydrogen-bond donors (Lipinski definition) is 2. The van der Waals surface area contributed by atoms with Gasteiger partial charge in [0.15, 0.2) is 0 Å². The van der Waals surface area contributed by atoms with E-state index in [1.165, 1.54) is 16.8 Å². The van der Waals surface area contributed by atoms with Gasteiger partial charge in [-0.3, -0.25) is 14.8 Å². The number of anilines is 1. The van der Waals surface area contributed by atoms with E-state index in [-0.39, 0.29) is 11.9 Å². The number of rotatable bonds is 1. The summed E-state index contributed by atoms with van der Waals surface area (Å²) < 4.78 is 0. The van der Waals surface area contributed by atoms with E-state index >= 15 is 0 Å². The van der Waals surface area contributed by atoms with Gasteiger partial charge in [-0.25, -0.2) is 0 Å². The van der Waals surface area contributed by atoms with Crippen molar-refractivity contribution in [1.29, 1.82) is 0 Å². The molecule has 21 heavy (non-hydrogen) atoms. The lowest BCUT2D eigenvalue weighted by atomic mass is 10.0. The van der Waals surface area contributed by atoms with E-state index in [1.54, 1.807) is 0 Å². The molecule has 1 unspecified atom stereocenters. The number of para-hydroxylation sites is 1. The third kappa shape index (κ3) is 2.23. The Bertz CT molecular complexity index is 678. The van der Waals surface area contributed by atoms with Gasteiger partial charge >= 0.3 is 0 Å². The van der Waals surface area contributed by atoms with Gasteiger partial charge in [0, 0.05) is 36.5 Å². The SMILES string of the molecule is O=C1Nc2ccccc2CCC1N1CCc2[nH]ncc2C1. The summed E-state index contributed by atoms with van der Waals surface area (Å²) in [5.74, 6) is 0.117. The zero-order chi connectivity index (χ0) is 14.2. The van der Waals surface area contributed by atoms with Crippen molar-refractivity contribution in [3.8, 4) is 0 Å². The van der Waals surface area contributed by atoms with Gasteiger partial charge in [0.05, 0.1) is 12.2 Å². The highest BCUT2D eigenvalue weighted by Crippen LogP contribution is 2.26. The molecule has 1 atom stereocenters. The van der Waals surface area contributed by atoms with Crippen molar-refractivity contribution >= 4 is 11.6 Å². The third-order valence-electron chi connectivity index (χ3n) is 4.54. The Kier molecular flexibility index (Phi) is 3.00. The van der Waals surface area contributed by atoms with Crippen LogP contribution in [0.15, 0.2) is 30.5 Å². The first-order valence-electron chi connectivity index (χ1n) is 7.45. The van der Waals surface area contributed by atoms with Crippen LogP contribution in [0, 0.1) is 0 Å². The molecular weight excluding hydrogens is 264 g/mol. The van der Waals surface area contributed by atoms with E-state index in [2.05, 4.69) is 26.5 Å². The van der Waals surface area contributed by atoms with Gasteiger partial charge in [0.2, 0.25) is 5.91 Å². The number of aryl methyl sites for hydroxylation is 1. The van der Waals surface area contributed by atoms with Crippen LogP contribution in [-0.2, 0) is 24.2 Å². The number of aromatic amines is 1. The maximum Gasteiger partial charge on any atom is 0.241 e. The largest absolute Gasteiger partial charge is 0.324 e. The summed E-state index contributed by atoms with van der Waals surface area (Å²) in [6.45, 7) is 1.71. The Labute approximate surface area is 123 Å². The Morgan fingerprint density at radius 2 is 2.10 bits per heavy atom. The molecule has 0 saturated carbocycles. The predicted octanol–water partition coefficient (Wildman–Crippen LogP) is 1.72. The van der Waals surface area contributed by atoms with E-state index in [1.807, 2.05) is 24.4 Å². The lowest BCUT2D eigenvalue weighted by Gasteiger charge is -2.32. The van der Waals surface area contributed by atoms with E-state index in [0.717, 1.165) is 38.0 Å². The average Bonchev–Trinajstić information content (AvgIpc) is 2.89. The molecule has 0 bridgehead atoms. The normalized spacial score (nSPS) is 22.1. The van der Waals surface area contributed by atoms with E-state index < -0.39 is 0 Å². The molecule has 2 aromatic rings. The molecule has 0 spiro atoms. The number of nitrogens with one attached hydrogen (secondary N) is 2. The fraction of sp³-hybridized carbons (Fsp3) is 0.375. The summed E-state index contributed by atoms with van der Waals surface area (Å²) in [5.41, 5.74) is 4.62. The highest BCUT2D eigenvalue weighted by molar-refractivity contribution is 5.96. The Morgan fingerprint density at radius 3 is 3.05 bits per heavy atom. The van der Waals surface area contributed by atoms with Gasteiger partial charge < -0.3 is 5.32 Å². The minimum Gasteiger partial charge on any atom is -0.324 e. The molecule has 2 aliphatic heterocycles. The highest BCUT2D eigenvalue weighted by Gasteiger charge is 2.31. The molecule has 2 aliphatic rings. The van der Waals surface area contributed by atoms with Gasteiger partial charge in [-0.2, -0.15) is 5.10 Å². The molecule has 0 aliphatic carbocycles. The van der Waals surface area contributed by atoms with Crippen molar-refractivity contribution in [3.63, 3.8) is 0 Å². The molecule has 5 heteroatoms. The van der Waals surface area contributed by atoms with Gasteiger partial charge in [-0.15, -0.1) is 0 Å². The van der Waals surface area contributed by atoms with Crippen LogP contribution in [0.2, 0.25) is 0 Å². The Morgan fingerprint density at radius 1 is 1.19 bits per heavy atom. The first kappa shape index (κ1) is 12.6. The standard InChI is InChI=1S/C16H18N4O/c21-16-15(6-5-11-3-1-2-4-13(11)18-16)20-8-7-14-12(10-20)9-17-19-14/h1-4,9,15H,5-8,10H2,(H,17,19)(H,18,21). The topological polar surface area (TPSA) is 61.0 Å². The number of benzene rings is 1. The summed E-state index contributed by atoms with van der Waals surface area (Å²) in [6.07, 6.45) is 4.63. The molecule has 108 valence electrons. The van der Waals surface area contributed by atoms with E-state index in [0.29, 0.717) is 0 Å². The van der Waals surface area contributed by atoms with Crippen molar-refractivity contribution in [2.45, 2.75) is 31.8 Å². The fourth-order valence-corrected chi connectivity index (χ4v) is 3.36. The van der Waals surface area contributed by atoms with Crippen LogP contribution >= 0.6 is 0 Å². The molecule has 0 fully saturated rings. The molecule has 4 rings (SSSR count). The first-order chi connectivity index (χ1) is 10.3. The molecule has 1 aromatic heterocycles. The number of fused-ring (bicyclic) bond motifs is 2. The van der Waals surface area contributed by atoms with Crippen LogP contribution in [0.5, 0.6) is 0 Å². The van der Waals surface area contributed by atoms with Crippen molar-refractivity contribution < 1.29 is 4.79 Å². The molecule has 5 nitrogen and oxygen atoms in total. The third-order valence-corrected chi connectivity index (χ3v) is 4.54. The Balaban J connectivity index is 1.56. The maximum atomic E-state index is 12.6. The molecule has 3 heterocycles. The van der Waals surface area contributed by atoms with Crippen LogP contribution in [-0.4, -0.2) is 33.6 Å². The van der Waals surface area contributed by atoms with Crippen molar-refractivity contribution in [2.24, 2.45) is 0 Å². The van der Waals surface area contributed by atoms with Gasteiger partial charge in [-0.1, -0.05) is 18.2 Å². The molecule has 1 aromatic carbocycles. The van der Waals surface area contributed by atoms with Crippen molar-refractivity contribution in [3.05, 3.63) is 47.3 Å². The number of carbonyl (C=O) groups excluding carboxylic acids is 1. The van der Waals surface area contributed by atoms with Gasteiger partial charge in [-0.05, 0) is 24.5 Å². The fourth-order valence-electron chi connectivity index (χ4n) is 3.36. The minimum absolute atomic E-state index is 0.0551. The molecular formula is C16H18N4O. The van der Waals surface area contributed by atoms with Crippen LogP contribution in [0.4, 0.5) is 5.69 Å². The minimum atomic E-state index is -0.0551. The predicted molar refractivity (Wildman–Crippen MR) is 79.9 cm³/mol. The summed E-state index contributed by atoms with van der Waals surface area (Å²) in [6, 6.07) is 8.03. The summed E-state index contributed by atoms with van der Waals surface area (Å²) >= 11 is 0. The lowest BCUT2D eigenvalue weighted by molar-refractivity contribution is -0.121. The molecule has 2 N–H and O–H groups in total. The summed E-state index contributed by atoms with van der Waals surface area (Å²) in [7, 11) is 0. The van der Waals surface area contributed by atoms with Crippen LogP contribution in [0.1, 0.15) is 23.2 Å². The second-order valence-corrected chi connectivity index (χ2v) is 5.80. The number of aromatic nitrogens is 2. The zero-order valence-corrected chi connectivity index (χ0v) is 11.8. The van der Waals surface area contributed by atoms with Gasteiger partial charge in [0.25, 0.3) is 0 Å². The molecule has 0 radical (unpaired) electrons. The first-order valence-corrected chi connectivity index (χ1v) is 7.45. The number of hydrogen-bond acceptors (Lipinski definition) is 3. The smallest absolute Gasteiger partial charge is 0.241 e. The average molecular weight is 282 g/mol. The maximum absolute atomic E-state index is 12.6. The second kappa shape index (κ2) is 5.00. The van der Waals surface area contributed by atoms with E-state index in [9.17, 15) is 4.79 Å². The Hall–Kier alpha value is -2.14. The number of nitrogens with zero attached hydrogens (tertiary/aromatic N) is 2. The zero-order valence-electron chi connectivity index (χ0n) is 11.8. The number of H-pyrrole nitrogens is 1. The quantitative estimate of drug-likeness (QED) is 0.837. The lowest BCUT2D eigenvalue weighted by Crippen LogP contribution is -2.45. The van der Waals surface area contributed by atoms with Crippen molar-refractivity contribution in [1.82, 2.24) is 15.1 Å². The molecule has 1 amide bonds. The van der Waals surface area contributed by atoms with Gasteiger partial charge in [0.1, 0.15) is 0 Å². The number of carbonyl (C=O) groups is 1. The monoisotopic (exact) mass is 282 g/mol. The molecule has 0 saturated heterocycles.